The average molecular weight is 567 g/mol. The van der Waals surface area contributed by atoms with Crippen molar-refractivity contribution in [3.8, 4) is 0 Å². The zero-order chi connectivity index (χ0) is 21.5. The minimum absolute atomic E-state index is 0. The van der Waals surface area contributed by atoms with Gasteiger partial charge in [-0.3, -0.25) is 9.89 Å². The molecule has 1 aliphatic heterocycles. The highest BCUT2D eigenvalue weighted by Crippen LogP contribution is 2.20. The number of piperidine rings is 1. The number of guanidine groups is 1. The van der Waals surface area contributed by atoms with Crippen LogP contribution in [0, 0.1) is 12.8 Å². The average Bonchev–Trinajstić information content (AvgIpc) is 3.40. The van der Waals surface area contributed by atoms with E-state index >= 15 is 0 Å². The second-order valence-electron chi connectivity index (χ2n) is 8.36. The number of hydrogen-bond acceptors (Lipinski definition) is 4. The fraction of sp³-hybridized carbons (Fsp3) is 0.500. The number of hydrogen-bond donors (Lipinski definition) is 2. The van der Waals surface area contributed by atoms with Crippen molar-refractivity contribution in [2.75, 3.05) is 33.2 Å². The number of thiophene rings is 1. The first-order valence-electron chi connectivity index (χ1n) is 11.3. The molecule has 1 atom stereocenters. The standard InChI is InChI=1S/C24H34N6S.HI/c1-19-28-22-10-3-4-11-23(22)30(19)14-7-12-26-24(25-2)27-16-20-8-5-13-29(17-20)18-21-9-6-15-31-21;/h3-4,6,9-11,15,20H,5,7-8,12-14,16-18H2,1-2H3,(H2,25,26,27);1H. The van der Waals surface area contributed by atoms with Gasteiger partial charge in [-0.25, -0.2) is 4.98 Å². The van der Waals surface area contributed by atoms with Gasteiger partial charge in [0.1, 0.15) is 5.82 Å². The molecule has 0 spiro atoms. The van der Waals surface area contributed by atoms with Gasteiger partial charge in [0.25, 0.3) is 0 Å². The van der Waals surface area contributed by atoms with Gasteiger partial charge < -0.3 is 15.2 Å². The fourth-order valence-electron chi connectivity index (χ4n) is 4.47. The van der Waals surface area contributed by atoms with E-state index in [1.165, 1.54) is 29.8 Å². The van der Waals surface area contributed by atoms with Gasteiger partial charge >= 0.3 is 0 Å². The first kappa shape index (κ1) is 25.0. The van der Waals surface area contributed by atoms with Gasteiger partial charge in [0, 0.05) is 44.6 Å². The zero-order valence-electron chi connectivity index (χ0n) is 19.1. The Kier molecular flexibility index (Phi) is 9.80. The number of aliphatic imine (C=N–C) groups is 1. The summed E-state index contributed by atoms with van der Waals surface area (Å²) in [4.78, 5) is 13.1. The molecule has 0 radical (unpaired) electrons. The molecular formula is C24H35IN6S. The Morgan fingerprint density at radius 1 is 1.22 bits per heavy atom. The highest BCUT2D eigenvalue weighted by molar-refractivity contribution is 14.0. The predicted octanol–water partition coefficient (Wildman–Crippen LogP) is 4.49. The van der Waals surface area contributed by atoms with Crippen molar-refractivity contribution in [1.29, 1.82) is 0 Å². The Hall–Kier alpha value is -1.65. The summed E-state index contributed by atoms with van der Waals surface area (Å²) in [6, 6.07) is 12.7. The highest BCUT2D eigenvalue weighted by Gasteiger charge is 2.20. The largest absolute Gasteiger partial charge is 0.356 e. The molecule has 3 aromatic rings. The number of halogens is 1. The maximum atomic E-state index is 4.66. The van der Waals surface area contributed by atoms with E-state index in [4.69, 9.17) is 0 Å². The van der Waals surface area contributed by atoms with E-state index in [-0.39, 0.29) is 24.0 Å². The molecule has 1 aliphatic rings. The zero-order valence-corrected chi connectivity index (χ0v) is 22.2. The normalized spacial score (nSPS) is 17.3. The number of imidazole rings is 1. The molecule has 0 saturated carbocycles. The van der Waals surface area contributed by atoms with Crippen LogP contribution in [0.3, 0.4) is 0 Å². The molecule has 1 fully saturated rings. The van der Waals surface area contributed by atoms with E-state index < -0.39 is 0 Å². The molecule has 4 rings (SSSR count). The number of rotatable bonds is 8. The topological polar surface area (TPSA) is 57.5 Å². The highest BCUT2D eigenvalue weighted by atomic mass is 127. The lowest BCUT2D eigenvalue weighted by molar-refractivity contribution is 0.169. The van der Waals surface area contributed by atoms with Gasteiger partial charge in [-0.1, -0.05) is 18.2 Å². The van der Waals surface area contributed by atoms with Crippen LogP contribution in [0.15, 0.2) is 46.8 Å². The number of aryl methyl sites for hydroxylation is 2. The summed E-state index contributed by atoms with van der Waals surface area (Å²) in [6.45, 7) is 8.37. The van der Waals surface area contributed by atoms with Crippen LogP contribution in [0.4, 0.5) is 0 Å². The number of fused-ring (bicyclic) bond motifs is 1. The number of nitrogens with one attached hydrogen (secondary N) is 2. The van der Waals surface area contributed by atoms with Gasteiger partial charge in [0.05, 0.1) is 11.0 Å². The summed E-state index contributed by atoms with van der Waals surface area (Å²) in [5.41, 5.74) is 2.29. The Labute approximate surface area is 212 Å². The van der Waals surface area contributed by atoms with Crippen LogP contribution in [0.25, 0.3) is 11.0 Å². The summed E-state index contributed by atoms with van der Waals surface area (Å²) in [5, 5.41) is 9.20. The molecule has 1 saturated heterocycles. The van der Waals surface area contributed by atoms with Crippen molar-refractivity contribution >= 4 is 52.3 Å². The van der Waals surface area contributed by atoms with E-state index in [9.17, 15) is 0 Å². The van der Waals surface area contributed by atoms with Crippen LogP contribution >= 0.6 is 35.3 Å². The molecule has 3 heterocycles. The Balaban J connectivity index is 0.00000289. The third-order valence-electron chi connectivity index (χ3n) is 6.04. The minimum atomic E-state index is 0. The third kappa shape index (κ3) is 6.68. The van der Waals surface area contributed by atoms with Gasteiger partial charge in [0.15, 0.2) is 5.96 Å². The van der Waals surface area contributed by atoms with Crippen molar-refractivity contribution < 1.29 is 0 Å². The molecule has 2 aromatic heterocycles. The van der Waals surface area contributed by atoms with Gasteiger partial charge in [-0.2, -0.15) is 0 Å². The molecule has 1 aromatic carbocycles. The van der Waals surface area contributed by atoms with Crippen LogP contribution in [0.5, 0.6) is 0 Å². The molecule has 0 aliphatic carbocycles. The number of aromatic nitrogens is 2. The van der Waals surface area contributed by atoms with E-state index in [0.717, 1.165) is 56.4 Å². The van der Waals surface area contributed by atoms with Crippen molar-refractivity contribution in [1.82, 2.24) is 25.1 Å². The van der Waals surface area contributed by atoms with E-state index in [1.54, 1.807) is 0 Å². The van der Waals surface area contributed by atoms with Crippen molar-refractivity contribution in [3.63, 3.8) is 0 Å². The molecule has 2 N–H and O–H groups in total. The SMILES string of the molecule is CN=C(NCCCn1c(C)nc2ccccc21)NCC1CCCN(Cc2cccs2)C1.I. The molecule has 0 amide bonds. The molecule has 8 heteroatoms. The van der Waals surface area contributed by atoms with E-state index in [2.05, 4.69) is 72.7 Å². The van der Waals surface area contributed by atoms with Crippen molar-refractivity contribution in [3.05, 3.63) is 52.5 Å². The number of para-hydroxylation sites is 2. The number of benzene rings is 1. The summed E-state index contributed by atoms with van der Waals surface area (Å²) < 4.78 is 2.30. The molecule has 32 heavy (non-hydrogen) atoms. The predicted molar refractivity (Wildman–Crippen MR) is 146 cm³/mol. The first-order valence-corrected chi connectivity index (χ1v) is 12.2. The van der Waals surface area contributed by atoms with E-state index in [0.29, 0.717) is 5.92 Å². The lowest BCUT2D eigenvalue weighted by Gasteiger charge is -2.32. The second kappa shape index (κ2) is 12.6. The number of likely N-dealkylation sites (tertiary alicyclic amines) is 1. The first-order chi connectivity index (χ1) is 15.2. The maximum Gasteiger partial charge on any atom is 0.190 e. The molecule has 174 valence electrons. The molecule has 6 nitrogen and oxygen atoms in total. The quantitative estimate of drug-likeness (QED) is 0.183. The molecule has 0 bridgehead atoms. The molecule has 1 unspecified atom stereocenters. The lowest BCUT2D eigenvalue weighted by Crippen LogP contribution is -2.44. The molecular weight excluding hydrogens is 531 g/mol. The van der Waals surface area contributed by atoms with Crippen LogP contribution < -0.4 is 10.6 Å². The van der Waals surface area contributed by atoms with Crippen molar-refractivity contribution in [2.24, 2.45) is 10.9 Å². The monoisotopic (exact) mass is 566 g/mol. The minimum Gasteiger partial charge on any atom is -0.356 e. The maximum absolute atomic E-state index is 4.66. The van der Waals surface area contributed by atoms with Crippen molar-refractivity contribution in [2.45, 2.75) is 39.3 Å². The van der Waals surface area contributed by atoms with Gasteiger partial charge in [0.2, 0.25) is 0 Å². The van der Waals surface area contributed by atoms with Crippen LogP contribution in [0.2, 0.25) is 0 Å². The third-order valence-corrected chi connectivity index (χ3v) is 6.90. The Morgan fingerprint density at radius 3 is 2.91 bits per heavy atom. The summed E-state index contributed by atoms with van der Waals surface area (Å²) in [5.74, 6) is 2.66. The lowest BCUT2D eigenvalue weighted by atomic mass is 9.98. The van der Waals surface area contributed by atoms with Crippen LogP contribution in [0.1, 0.15) is 30.0 Å². The van der Waals surface area contributed by atoms with Crippen LogP contribution in [-0.2, 0) is 13.1 Å². The Morgan fingerprint density at radius 2 is 2.09 bits per heavy atom. The Bertz CT molecular complexity index is 984. The van der Waals surface area contributed by atoms with E-state index in [1.807, 2.05) is 24.5 Å². The van der Waals surface area contributed by atoms with Gasteiger partial charge in [-0.15, -0.1) is 35.3 Å². The number of nitrogens with zero attached hydrogens (tertiary/aromatic N) is 4. The van der Waals surface area contributed by atoms with Gasteiger partial charge in [-0.05, 0) is 62.2 Å². The summed E-state index contributed by atoms with van der Waals surface area (Å²) in [6.07, 6.45) is 3.60. The smallest absolute Gasteiger partial charge is 0.190 e. The fourth-order valence-corrected chi connectivity index (χ4v) is 5.21. The second-order valence-corrected chi connectivity index (χ2v) is 9.39. The van der Waals surface area contributed by atoms with Crippen LogP contribution in [-0.4, -0.2) is 53.6 Å². The summed E-state index contributed by atoms with van der Waals surface area (Å²) in [7, 11) is 1.85. The summed E-state index contributed by atoms with van der Waals surface area (Å²) >= 11 is 1.86.